The first kappa shape index (κ1) is 31.5. The van der Waals surface area contributed by atoms with Gasteiger partial charge in [0.05, 0.1) is 0 Å². The van der Waals surface area contributed by atoms with Crippen LogP contribution in [0.25, 0.3) is 11.1 Å². The summed E-state index contributed by atoms with van der Waals surface area (Å²) in [5, 5.41) is -0.556. The number of rotatable bonds is 14. The highest BCUT2D eigenvalue weighted by molar-refractivity contribution is 6.31. The average molecular weight is 575 g/mol. The summed E-state index contributed by atoms with van der Waals surface area (Å²) in [7, 11) is 0. The summed E-state index contributed by atoms with van der Waals surface area (Å²) in [6.07, 6.45) is 25.9. The van der Waals surface area contributed by atoms with Crippen molar-refractivity contribution in [3.8, 4) is 11.1 Å². The standard InChI is InChI=1S/C36H50ClF3/c1-2-3-4-5-6-7-8-9-10-26-11-13-27(14-12-26)15-16-28-17-19-29(20-18-28)30-21-22-32(33(38)23-30)31-24-34(39)36(37)35(40)25-31/h21-29H,2-20H2,1H3. The van der Waals surface area contributed by atoms with Gasteiger partial charge in [-0.05, 0) is 78.7 Å². The Morgan fingerprint density at radius 3 is 1.65 bits per heavy atom. The predicted molar refractivity (Wildman–Crippen MR) is 163 cm³/mol. The first-order valence-electron chi connectivity index (χ1n) is 16.4. The normalized spacial score (nSPS) is 23.4. The van der Waals surface area contributed by atoms with Crippen LogP contribution in [0.2, 0.25) is 5.02 Å². The molecule has 2 saturated carbocycles. The molecular formula is C36H50ClF3. The highest BCUT2D eigenvalue weighted by atomic mass is 35.5. The molecule has 0 unspecified atom stereocenters. The van der Waals surface area contributed by atoms with E-state index in [0.29, 0.717) is 5.92 Å². The smallest absolute Gasteiger partial charge is 0.145 e. The number of hydrogen-bond acceptors (Lipinski definition) is 0. The summed E-state index contributed by atoms with van der Waals surface area (Å²) in [4.78, 5) is 0. The highest BCUT2D eigenvalue weighted by Gasteiger charge is 2.26. The highest BCUT2D eigenvalue weighted by Crippen LogP contribution is 2.41. The molecule has 0 heterocycles. The molecule has 2 aliphatic rings. The van der Waals surface area contributed by atoms with Crippen LogP contribution in [0.15, 0.2) is 30.3 Å². The van der Waals surface area contributed by atoms with Crippen LogP contribution < -0.4 is 0 Å². The summed E-state index contributed by atoms with van der Waals surface area (Å²) in [5.41, 5.74) is 1.39. The minimum absolute atomic E-state index is 0.175. The van der Waals surface area contributed by atoms with Crippen molar-refractivity contribution in [1.82, 2.24) is 0 Å². The van der Waals surface area contributed by atoms with Crippen molar-refractivity contribution in [3.63, 3.8) is 0 Å². The lowest BCUT2D eigenvalue weighted by Gasteiger charge is -2.32. The van der Waals surface area contributed by atoms with Gasteiger partial charge in [-0.2, -0.15) is 0 Å². The molecule has 222 valence electrons. The van der Waals surface area contributed by atoms with Crippen molar-refractivity contribution < 1.29 is 13.2 Å². The van der Waals surface area contributed by atoms with Gasteiger partial charge in [0, 0.05) is 5.56 Å². The van der Waals surface area contributed by atoms with Gasteiger partial charge in [-0.15, -0.1) is 0 Å². The maximum absolute atomic E-state index is 15.0. The van der Waals surface area contributed by atoms with Crippen molar-refractivity contribution in [2.75, 3.05) is 0 Å². The molecule has 0 atom stereocenters. The molecular weight excluding hydrogens is 525 g/mol. The van der Waals surface area contributed by atoms with Crippen LogP contribution in [-0.4, -0.2) is 0 Å². The van der Waals surface area contributed by atoms with Gasteiger partial charge in [0.15, 0.2) is 0 Å². The monoisotopic (exact) mass is 574 g/mol. The van der Waals surface area contributed by atoms with Crippen LogP contribution in [0.5, 0.6) is 0 Å². The van der Waals surface area contributed by atoms with Gasteiger partial charge < -0.3 is 0 Å². The lowest BCUT2D eigenvalue weighted by atomic mass is 9.74. The SMILES string of the molecule is CCCCCCCCCCC1CCC(CCC2CCC(c3ccc(-c4cc(F)c(Cl)c(F)c4)c(F)c3)CC2)CC1. The Morgan fingerprint density at radius 1 is 0.600 bits per heavy atom. The Kier molecular flexibility index (Phi) is 12.8. The maximum Gasteiger partial charge on any atom is 0.145 e. The number of halogens is 4. The molecule has 2 fully saturated rings. The van der Waals surface area contributed by atoms with Gasteiger partial charge in [0.2, 0.25) is 0 Å². The summed E-state index contributed by atoms with van der Waals surface area (Å²) in [6, 6.07) is 7.34. The zero-order chi connectivity index (χ0) is 28.3. The minimum Gasteiger partial charge on any atom is -0.206 e. The Labute approximate surface area is 246 Å². The molecule has 4 heteroatoms. The van der Waals surface area contributed by atoms with Crippen molar-refractivity contribution in [2.45, 2.75) is 135 Å². The van der Waals surface area contributed by atoms with Crippen LogP contribution in [-0.2, 0) is 0 Å². The van der Waals surface area contributed by atoms with E-state index < -0.39 is 22.5 Å². The topological polar surface area (TPSA) is 0 Å². The second-order valence-corrected chi connectivity index (χ2v) is 13.3. The molecule has 0 N–H and O–H groups in total. The van der Waals surface area contributed by atoms with E-state index >= 15 is 0 Å². The molecule has 0 aliphatic heterocycles. The largest absolute Gasteiger partial charge is 0.206 e. The predicted octanol–water partition coefficient (Wildman–Crippen LogP) is 12.8. The van der Waals surface area contributed by atoms with E-state index in [4.69, 9.17) is 11.6 Å². The van der Waals surface area contributed by atoms with Crippen LogP contribution in [0, 0.1) is 35.2 Å². The van der Waals surface area contributed by atoms with Gasteiger partial charge in [-0.1, -0.05) is 127 Å². The van der Waals surface area contributed by atoms with Crippen molar-refractivity contribution in [1.29, 1.82) is 0 Å². The molecule has 2 aromatic rings. The van der Waals surface area contributed by atoms with Crippen molar-refractivity contribution in [3.05, 3.63) is 58.4 Å². The van der Waals surface area contributed by atoms with Gasteiger partial charge in [0.1, 0.15) is 22.5 Å². The zero-order valence-corrected chi connectivity index (χ0v) is 25.4. The first-order chi connectivity index (χ1) is 19.4. The first-order valence-corrected chi connectivity index (χ1v) is 16.8. The summed E-state index contributed by atoms with van der Waals surface area (Å²) < 4.78 is 42.7. The molecule has 0 spiro atoms. The fraction of sp³-hybridized carbons (Fsp3) is 0.667. The molecule has 2 aromatic carbocycles. The Hall–Kier alpha value is -1.48. The minimum atomic E-state index is -0.870. The summed E-state index contributed by atoms with van der Waals surface area (Å²) >= 11 is 5.58. The second-order valence-electron chi connectivity index (χ2n) is 12.9. The van der Waals surface area contributed by atoms with Gasteiger partial charge >= 0.3 is 0 Å². The van der Waals surface area contributed by atoms with Crippen LogP contribution >= 0.6 is 11.6 Å². The molecule has 0 aromatic heterocycles. The Balaban J connectivity index is 1.12. The van der Waals surface area contributed by atoms with E-state index in [2.05, 4.69) is 6.92 Å². The molecule has 0 nitrogen and oxygen atoms in total. The van der Waals surface area contributed by atoms with Crippen LogP contribution in [0.3, 0.4) is 0 Å². The fourth-order valence-electron chi connectivity index (χ4n) is 7.36. The van der Waals surface area contributed by atoms with Crippen molar-refractivity contribution in [2.24, 2.45) is 17.8 Å². The summed E-state index contributed by atoms with van der Waals surface area (Å²) in [5.74, 6) is 0.906. The van der Waals surface area contributed by atoms with E-state index in [0.717, 1.165) is 48.3 Å². The second kappa shape index (κ2) is 16.2. The molecule has 0 amide bonds. The molecule has 2 aliphatic carbocycles. The lowest BCUT2D eigenvalue weighted by molar-refractivity contribution is 0.222. The molecule has 40 heavy (non-hydrogen) atoms. The van der Waals surface area contributed by atoms with Crippen LogP contribution in [0.4, 0.5) is 13.2 Å². The van der Waals surface area contributed by atoms with E-state index in [-0.39, 0.29) is 11.1 Å². The molecule has 0 radical (unpaired) electrons. The lowest BCUT2D eigenvalue weighted by Crippen LogP contribution is -2.18. The van der Waals surface area contributed by atoms with E-state index in [1.165, 1.54) is 109 Å². The number of hydrogen-bond donors (Lipinski definition) is 0. The molecule has 0 saturated heterocycles. The third kappa shape index (κ3) is 9.27. The molecule has 4 rings (SSSR count). The third-order valence-corrected chi connectivity index (χ3v) is 10.4. The molecule has 0 bridgehead atoms. The zero-order valence-electron chi connectivity index (χ0n) is 24.6. The Morgan fingerprint density at radius 2 is 1.10 bits per heavy atom. The van der Waals surface area contributed by atoms with Gasteiger partial charge in [0.25, 0.3) is 0 Å². The quantitative estimate of drug-likeness (QED) is 0.155. The van der Waals surface area contributed by atoms with E-state index in [1.54, 1.807) is 12.1 Å². The Bertz CT molecular complexity index is 1010. The fourth-order valence-corrected chi connectivity index (χ4v) is 7.47. The van der Waals surface area contributed by atoms with Gasteiger partial charge in [-0.3, -0.25) is 0 Å². The van der Waals surface area contributed by atoms with Crippen LogP contribution in [0.1, 0.15) is 140 Å². The average Bonchev–Trinajstić information content (AvgIpc) is 2.97. The number of benzene rings is 2. The van der Waals surface area contributed by atoms with Gasteiger partial charge in [-0.25, -0.2) is 13.2 Å². The third-order valence-electron chi connectivity index (χ3n) is 10.0. The van der Waals surface area contributed by atoms with Crippen molar-refractivity contribution >= 4 is 11.6 Å². The summed E-state index contributed by atoms with van der Waals surface area (Å²) in [6.45, 7) is 2.29. The van der Waals surface area contributed by atoms with E-state index in [9.17, 15) is 13.2 Å². The number of unbranched alkanes of at least 4 members (excludes halogenated alkanes) is 7. The van der Waals surface area contributed by atoms with E-state index in [1.807, 2.05) is 6.07 Å². The maximum atomic E-state index is 15.0.